The van der Waals surface area contributed by atoms with Gasteiger partial charge in [0.25, 0.3) is 0 Å². The van der Waals surface area contributed by atoms with Crippen LogP contribution in [0.3, 0.4) is 0 Å². The van der Waals surface area contributed by atoms with E-state index in [1.807, 2.05) is 66.5 Å². The lowest BCUT2D eigenvalue weighted by molar-refractivity contribution is 0.0232. The number of fused-ring (bicyclic) bond motifs is 2. The number of hydrogen-bond donors (Lipinski definition) is 2. The Kier molecular flexibility index (Phi) is 19.5. The summed E-state index contributed by atoms with van der Waals surface area (Å²) in [6, 6.07) is 8.39. The summed E-state index contributed by atoms with van der Waals surface area (Å²) in [4.78, 5) is 40.3. The SMILES string of the molecule is C#CCN(CC#C)C(=O)OC(C)(C)C.C#CCO.Cc1cc2c(cc1CBr)CN(C(=O)OC(C)(C)C)C2.Cc1cc2c(cc1CO)CN(C(=O)OC(C)(C)C)C2. The summed E-state index contributed by atoms with van der Waals surface area (Å²) in [5.74, 6) is 6.68. The number of aliphatic hydroxyl groups is 2. The summed E-state index contributed by atoms with van der Waals surface area (Å²) in [6.45, 7) is 23.3. The molecule has 2 aliphatic heterocycles. The summed E-state index contributed by atoms with van der Waals surface area (Å²) in [5, 5.41) is 17.8. The Labute approximate surface area is 343 Å². The zero-order valence-corrected chi connectivity index (χ0v) is 36.6. The maximum atomic E-state index is 12.1. The molecule has 2 aromatic rings. The number of aliphatic hydroxyl groups excluding tert-OH is 2. The fraction of sp³-hybridized carbons (Fsp3) is 0.523. The van der Waals surface area contributed by atoms with Crippen LogP contribution in [-0.2, 0) is 52.3 Å². The molecule has 11 nitrogen and oxygen atoms in total. The van der Waals surface area contributed by atoms with Crippen molar-refractivity contribution in [2.45, 2.75) is 131 Å². The normalized spacial score (nSPS) is 12.6. The van der Waals surface area contributed by atoms with Crippen molar-refractivity contribution >= 4 is 34.2 Å². The Balaban J connectivity index is 0.000000406. The predicted molar refractivity (Wildman–Crippen MR) is 223 cm³/mol. The zero-order chi connectivity index (χ0) is 43.0. The van der Waals surface area contributed by atoms with E-state index in [1.54, 1.807) is 30.6 Å². The summed E-state index contributed by atoms with van der Waals surface area (Å²) in [6.07, 6.45) is 13.7. The molecule has 0 aromatic heterocycles. The van der Waals surface area contributed by atoms with Crippen molar-refractivity contribution in [2.24, 2.45) is 0 Å². The molecule has 0 aliphatic carbocycles. The van der Waals surface area contributed by atoms with E-state index in [9.17, 15) is 19.5 Å². The molecule has 0 saturated heterocycles. The Morgan fingerprint density at radius 2 is 1.00 bits per heavy atom. The van der Waals surface area contributed by atoms with Gasteiger partial charge in [-0.1, -0.05) is 58.0 Å². The molecule has 0 unspecified atom stereocenters. The van der Waals surface area contributed by atoms with Crippen LogP contribution in [0.4, 0.5) is 14.4 Å². The van der Waals surface area contributed by atoms with Gasteiger partial charge in [-0.05, 0) is 121 Å². The number of benzene rings is 2. The van der Waals surface area contributed by atoms with Crippen LogP contribution in [0.2, 0.25) is 0 Å². The van der Waals surface area contributed by atoms with E-state index in [-0.39, 0.29) is 38.5 Å². The molecule has 0 radical (unpaired) electrons. The number of halogens is 1. The molecule has 0 fully saturated rings. The Morgan fingerprint density at radius 3 is 1.30 bits per heavy atom. The minimum Gasteiger partial charge on any atom is -0.444 e. The molecule has 3 amide bonds. The van der Waals surface area contributed by atoms with Crippen LogP contribution in [0.1, 0.15) is 107 Å². The molecule has 12 heteroatoms. The lowest BCUT2D eigenvalue weighted by atomic mass is 10.0. The number of rotatable bonds is 4. The molecule has 306 valence electrons. The van der Waals surface area contributed by atoms with Crippen molar-refractivity contribution in [2.75, 3.05) is 19.7 Å². The molecule has 2 heterocycles. The van der Waals surface area contributed by atoms with Crippen LogP contribution in [0.25, 0.3) is 0 Å². The molecular weight excluding hydrogens is 778 g/mol. The van der Waals surface area contributed by atoms with Crippen LogP contribution in [0.15, 0.2) is 24.3 Å². The summed E-state index contributed by atoms with van der Waals surface area (Å²) in [7, 11) is 0. The first-order chi connectivity index (χ1) is 25.9. The third-order valence-electron chi connectivity index (χ3n) is 7.69. The number of carbonyl (C=O) groups is 3. The lowest BCUT2D eigenvalue weighted by Crippen LogP contribution is -2.37. The van der Waals surface area contributed by atoms with Crippen molar-refractivity contribution in [1.29, 1.82) is 0 Å². The van der Waals surface area contributed by atoms with Crippen LogP contribution in [0.5, 0.6) is 0 Å². The van der Waals surface area contributed by atoms with Gasteiger partial charge < -0.3 is 24.4 Å². The molecule has 0 bridgehead atoms. The van der Waals surface area contributed by atoms with Crippen LogP contribution in [0, 0.1) is 50.9 Å². The van der Waals surface area contributed by atoms with E-state index in [0.717, 1.165) is 27.6 Å². The van der Waals surface area contributed by atoms with Gasteiger partial charge in [0.2, 0.25) is 0 Å². The van der Waals surface area contributed by atoms with E-state index in [0.29, 0.717) is 26.2 Å². The second kappa shape index (κ2) is 22.2. The molecule has 0 spiro atoms. The van der Waals surface area contributed by atoms with Crippen molar-refractivity contribution in [3.63, 3.8) is 0 Å². The van der Waals surface area contributed by atoms with Crippen molar-refractivity contribution < 1.29 is 38.8 Å². The van der Waals surface area contributed by atoms with Crippen molar-refractivity contribution in [3.05, 3.63) is 68.8 Å². The van der Waals surface area contributed by atoms with Crippen LogP contribution >= 0.6 is 15.9 Å². The first-order valence-electron chi connectivity index (χ1n) is 18.2. The zero-order valence-electron chi connectivity index (χ0n) is 35.0. The second-order valence-electron chi connectivity index (χ2n) is 16.2. The van der Waals surface area contributed by atoms with E-state index < -0.39 is 22.9 Å². The fourth-order valence-electron chi connectivity index (χ4n) is 5.21. The highest BCUT2D eigenvalue weighted by Crippen LogP contribution is 2.29. The highest BCUT2D eigenvalue weighted by molar-refractivity contribution is 9.08. The second-order valence-corrected chi connectivity index (χ2v) is 16.7. The summed E-state index contributed by atoms with van der Waals surface area (Å²) < 4.78 is 15.9. The van der Waals surface area contributed by atoms with Gasteiger partial charge >= 0.3 is 18.3 Å². The summed E-state index contributed by atoms with van der Waals surface area (Å²) >= 11 is 3.50. The minimum absolute atomic E-state index is 0.0333. The molecule has 56 heavy (non-hydrogen) atoms. The Hall–Kier alpha value is -4.67. The van der Waals surface area contributed by atoms with Gasteiger partial charge in [0, 0.05) is 31.5 Å². The van der Waals surface area contributed by atoms with Crippen molar-refractivity contribution in [1.82, 2.24) is 14.7 Å². The number of carbonyl (C=O) groups excluding carboxylic acids is 3. The topological polar surface area (TPSA) is 129 Å². The van der Waals surface area contributed by atoms with Gasteiger partial charge in [-0.25, -0.2) is 14.4 Å². The fourth-order valence-corrected chi connectivity index (χ4v) is 5.81. The third-order valence-corrected chi connectivity index (χ3v) is 8.29. The van der Waals surface area contributed by atoms with Crippen LogP contribution < -0.4 is 0 Å². The van der Waals surface area contributed by atoms with Gasteiger partial charge in [0.15, 0.2) is 0 Å². The minimum atomic E-state index is -0.529. The first-order valence-corrected chi connectivity index (χ1v) is 19.3. The van der Waals surface area contributed by atoms with Crippen molar-refractivity contribution in [3.8, 4) is 37.0 Å². The summed E-state index contributed by atoms with van der Waals surface area (Å²) in [5.41, 5.74) is 7.78. The Morgan fingerprint density at radius 1 is 0.661 bits per heavy atom. The monoisotopic (exact) mass is 837 g/mol. The molecule has 2 aromatic carbocycles. The van der Waals surface area contributed by atoms with Gasteiger partial charge in [0.1, 0.15) is 23.4 Å². The van der Waals surface area contributed by atoms with Gasteiger partial charge in [-0.15, -0.1) is 19.3 Å². The largest absolute Gasteiger partial charge is 0.444 e. The smallest absolute Gasteiger partial charge is 0.411 e. The molecule has 0 atom stereocenters. The number of amides is 3. The van der Waals surface area contributed by atoms with Crippen LogP contribution in [-0.4, -0.2) is 79.7 Å². The highest BCUT2D eigenvalue weighted by Gasteiger charge is 2.29. The number of terminal acetylenes is 3. The van der Waals surface area contributed by atoms with Gasteiger partial charge in [0.05, 0.1) is 19.7 Å². The molecule has 0 saturated carbocycles. The third kappa shape index (κ3) is 17.4. The highest BCUT2D eigenvalue weighted by atomic mass is 79.9. The van der Waals surface area contributed by atoms with Gasteiger partial charge in [-0.3, -0.25) is 14.7 Å². The number of nitrogens with zero attached hydrogens (tertiary/aromatic N) is 3. The molecular formula is C44H60BrN3O8. The number of alkyl halides is 1. The average Bonchev–Trinajstić information content (AvgIpc) is 3.69. The maximum absolute atomic E-state index is 12.1. The number of ether oxygens (including phenoxy) is 3. The number of aryl methyl sites for hydroxylation is 2. The Bertz CT molecular complexity index is 1670. The molecule has 2 N–H and O–H groups in total. The first kappa shape index (κ1) is 49.3. The molecule has 4 rings (SSSR count). The quantitative estimate of drug-likeness (QED) is 0.180. The van der Waals surface area contributed by atoms with E-state index >= 15 is 0 Å². The average molecular weight is 839 g/mol. The van der Waals surface area contributed by atoms with E-state index in [4.69, 9.17) is 32.2 Å². The van der Waals surface area contributed by atoms with E-state index in [2.05, 4.69) is 53.3 Å². The number of hydrogen-bond acceptors (Lipinski definition) is 8. The lowest BCUT2D eigenvalue weighted by Gasteiger charge is -2.24. The predicted octanol–water partition coefficient (Wildman–Crippen LogP) is 7.98. The maximum Gasteiger partial charge on any atom is 0.411 e. The van der Waals surface area contributed by atoms with Gasteiger partial charge in [-0.2, -0.15) is 0 Å². The molecule has 2 aliphatic rings. The van der Waals surface area contributed by atoms with E-state index in [1.165, 1.54) is 27.2 Å². The standard InChI is InChI=1S/C15H20BrNO2.C15H21NO3.C11H15NO2.C3H4O/c1-10-5-12-8-17(14(18)19-15(2,3)4)9-13(12)6-11(10)7-16;1-10-5-11-7-16(14(18)19-15(2,3)4)8-12(11)6-13(10)9-17;1-6-8-12(9-7-2)10(13)14-11(3,4)5;1-2-3-4/h5-6H,7-9H2,1-4H3;5-6,17H,7-9H2,1-4H3;1-2H,8-9H2,3-5H3;1,4H,3H2.